The molecule has 5 rings (SSSR count). The summed E-state index contributed by atoms with van der Waals surface area (Å²) in [5, 5.41) is 17.8. The quantitative estimate of drug-likeness (QED) is 0.539. The van der Waals surface area contributed by atoms with E-state index in [2.05, 4.69) is 31.6 Å². The maximum atomic E-state index is 6.07. The summed E-state index contributed by atoms with van der Waals surface area (Å²) < 4.78 is 2.67. The van der Waals surface area contributed by atoms with Gasteiger partial charge in [-0.15, -0.1) is 26.2 Å². The molecule has 1 saturated heterocycles. The summed E-state index contributed by atoms with van der Waals surface area (Å²) in [5.41, 5.74) is 1.66. The average Bonchev–Trinajstić information content (AvgIpc) is 3.27. The Kier molecular flexibility index (Phi) is 3.53. The van der Waals surface area contributed by atoms with Crippen LogP contribution in [0.15, 0.2) is 30.3 Å². The number of rotatable bonds is 2. The van der Waals surface area contributed by atoms with Crippen molar-refractivity contribution in [2.75, 3.05) is 18.0 Å². The summed E-state index contributed by atoms with van der Waals surface area (Å²) in [5.74, 6) is 1.40. The standard InChI is InChI=1S/C16H14ClN7S/c17-11-1-2-13-12(9-11)18-16(25-13)10-5-7-23(8-6-10)15-4-3-14-19-21-22-24(14)20-15/h1-4,9-10H,5-8H2. The van der Waals surface area contributed by atoms with E-state index in [4.69, 9.17) is 16.6 Å². The number of aromatic nitrogens is 6. The molecule has 7 nitrogen and oxygen atoms in total. The van der Waals surface area contributed by atoms with Gasteiger partial charge in [-0.2, -0.15) is 0 Å². The number of thiazole rings is 1. The molecule has 0 aliphatic carbocycles. The van der Waals surface area contributed by atoms with Crippen molar-refractivity contribution in [1.82, 2.24) is 30.2 Å². The van der Waals surface area contributed by atoms with Crippen LogP contribution in [0.1, 0.15) is 23.8 Å². The van der Waals surface area contributed by atoms with Gasteiger partial charge < -0.3 is 4.90 Å². The minimum atomic E-state index is 0.490. The Morgan fingerprint density at radius 3 is 2.88 bits per heavy atom. The van der Waals surface area contributed by atoms with E-state index in [9.17, 15) is 0 Å². The van der Waals surface area contributed by atoms with Crippen molar-refractivity contribution in [2.45, 2.75) is 18.8 Å². The van der Waals surface area contributed by atoms with Crippen molar-refractivity contribution in [3.05, 3.63) is 40.4 Å². The third kappa shape index (κ3) is 2.71. The van der Waals surface area contributed by atoms with Crippen LogP contribution in [0.2, 0.25) is 5.02 Å². The number of nitrogens with zero attached hydrogens (tertiary/aromatic N) is 7. The van der Waals surface area contributed by atoms with Gasteiger partial charge in [0.05, 0.1) is 15.2 Å². The summed E-state index contributed by atoms with van der Waals surface area (Å²) in [4.78, 5) is 7.08. The topological polar surface area (TPSA) is 72.1 Å². The minimum Gasteiger partial charge on any atom is -0.355 e. The molecule has 0 spiro atoms. The Morgan fingerprint density at radius 2 is 2.00 bits per heavy atom. The molecular weight excluding hydrogens is 358 g/mol. The Morgan fingerprint density at radius 1 is 1.12 bits per heavy atom. The highest BCUT2D eigenvalue weighted by molar-refractivity contribution is 7.18. The van der Waals surface area contributed by atoms with Gasteiger partial charge >= 0.3 is 0 Å². The first kappa shape index (κ1) is 15.0. The van der Waals surface area contributed by atoms with E-state index < -0.39 is 0 Å². The van der Waals surface area contributed by atoms with Gasteiger partial charge in [-0.3, -0.25) is 0 Å². The molecule has 1 fully saturated rings. The molecule has 9 heteroatoms. The fraction of sp³-hybridized carbons (Fsp3) is 0.312. The van der Waals surface area contributed by atoms with Crippen LogP contribution in [0.3, 0.4) is 0 Å². The van der Waals surface area contributed by atoms with E-state index in [1.165, 1.54) is 14.3 Å². The highest BCUT2D eigenvalue weighted by Crippen LogP contribution is 2.35. The molecule has 0 atom stereocenters. The summed E-state index contributed by atoms with van der Waals surface area (Å²) in [7, 11) is 0. The molecule has 25 heavy (non-hydrogen) atoms. The predicted molar refractivity (Wildman–Crippen MR) is 97.4 cm³/mol. The zero-order valence-corrected chi connectivity index (χ0v) is 14.8. The van der Waals surface area contributed by atoms with Crippen LogP contribution < -0.4 is 4.90 Å². The lowest BCUT2D eigenvalue weighted by Gasteiger charge is -2.31. The molecule has 0 saturated carbocycles. The van der Waals surface area contributed by atoms with Gasteiger partial charge in [0.2, 0.25) is 0 Å². The number of hydrogen-bond acceptors (Lipinski definition) is 7. The molecule has 1 aliphatic heterocycles. The van der Waals surface area contributed by atoms with E-state index in [-0.39, 0.29) is 0 Å². The van der Waals surface area contributed by atoms with Gasteiger partial charge in [0, 0.05) is 24.0 Å². The van der Waals surface area contributed by atoms with Gasteiger partial charge in [0.1, 0.15) is 0 Å². The second-order valence-corrected chi connectivity index (χ2v) is 7.64. The number of tetrazole rings is 1. The zero-order valence-electron chi connectivity index (χ0n) is 13.2. The number of halogens is 1. The highest BCUT2D eigenvalue weighted by Gasteiger charge is 2.24. The predicted octanol–water partition coefficient (Wildman–Crippen LogP) is 3.17. The smallest absolute Gasteiger partial charge is 0.200 e. The van der Waals surface area contributed by atoms with Crippen LogP contribution in [0.5, 0.6) is 0 Å². The first-order chi connectivity index (χ1) is 12.3. The molecule has 126 valence electrons. The largest absolute Gasteiger partial charge is 0.355 e. The maximum Gasteiger partial charge on any atom is 0.200 e. The van der Waals surface area contributed by atoms with Crippen LogP contribution in [0.25, 0.3) is 15.9 Å². The van der Waals surface area contributed by atoms with Crippen LogP contribution in [0.4, 0.5) is 5.82 Å². The van der Waals surface area contributed by atoms with Gasteiger partial charge in [-0.1, -0.05) is 11.6 Å². The highest BCUT2D eigenvalue weighted by atomic mass is 35.5. The van der Waals surface area contributed by atoms with Crippen molar-refractivity contribution in [3.63, 3.8) is 0 Å². The SMILES string of the molecule is Clc1ccc2sc(C3CCN(c4ccc5nnnn5n4)CC3)nc2c1. The zero-order chi connectivity index (χ0) is 16.8. The molecule has 0 radical (unpaired) electrons. The van der Waals surface area contributed by atoms with E-state index in [0.717, 1.165) is 42.3 Å². The Labute approximate surface area is 152 Å². The molecule has 4 heterocycles. The first-order valence-electron chi connectivity index (χ1n) is 8.13. The van der Waals surface area contributed by atoms with Crippen LogP contribution in [0, 0.1) is 0 Å². The lowest BCUT2D eigenvalue weighted by molar-refractivity contribution is 0.498. The fourth-order valence-corrected chi connectivity index (χ4v) is 4.54. The molecule has 3 aromatic heterocycles. The van der Waals surface area contributed by atoms with Gasteiger partial charge in [-0.25, -0.2) is 4.98 Å². The van der Waals surface area contributed by atoms with Gasteiger partial charge in [0.15, 0.2) is 11.5 Å². The maximum absolute atomic E-state index is 6.07. The molecule has 1 aromatic carbocycles. The number of anilines is 1. The number of fused-ring (bicyclic) bond motifs is 2. The van der Waals surface area contributed by atoms with Crippen molar-refractivity contribution in [1.29, 1.82) is 0 Å². The van der Waals surface area contributed by atoms with E-state index in [0.29, 0.717) is 11.6 Å². The van der Waals surface area contributed by atoms with E-state index in [1.807, 2.05) is 24.3 Å². The lowest BCUT2D eigenvalue weighted by Crippen LogP contribution is -2.33. The Hall–Kier alpha value is -2.32. The van der Waals surface area contributed by atoms with Crippen LogP contribution in [-0.4, -0.2) is 43.3 Å². The lowest BCUT2D eigenvalue weighted by atomic mass is 9.97. The third-order valence-corrected chi connectivity index (χ3v) is 6.02. The van der Waals surface area contributed by atoms with Crippen molar-refractivity contribution in [3.8, 4) is 0 Å². The summed E-state index contributed by atoms with van der Waals surface area (Å²) in [6, 6.07) is 9.79. The summed E-state index contributed by atoms with van der Waals surface area (Å²) in [6.07, 6.45) is 2.12. The monoisotopic (exact) mass is 371 g/mol. The first-order valence-corrected chi connectivity index (χ1v) is 9.32. The van der Waals surface area contributed by atoms with Crippen molar-refractivity contribution in [2.24, 2.45) is 0 Å². The van der Waals surface area contributed by atoms with Gasteiger partial charge in [0.25, 0.3) is 0 Å². The molecule has 4 aromatic rings. The molecule has 0 amide bonds. The summed E-state index contributed by atoms with van der Waals surface area (Å²) >= 11 is 7.85. The molecule has 0 N–H and O–H groups in total. The molecular formula is C16H14ClN7S. The van der Waals surface area contributed by atoms with Crippen molar-refractivity contribution >= 4 is 44.6 Å². The van der Waals surface area contributed by atoms with Crippen LogP contribution >= 0.6 is 22.9 Å². The normalized spacial score (nSPS) is 16.1. The molecule has 0 bridgehead atoms. The third-order valence-electron chi connectivity index (χ3n) is 4.59. The van der Waals surface area contributed by atoms with E-state index in [1.54, 1.807) is 11.3 Å². The Balaban J connectivity index is 1.34. The second-order valence-electron chi connectivity index (χ2n) is 6.14. The van der Waals surface area contributed by atoms with Gasteiger partial charge in [-0.05, 0) is 53.6 Å². The average molecular weight is 372 g/mol. The fourth-order valence-electron chi connectivity index (χ4n) is 3.26. The summed E-state index contributed by atoms with van der Waals surface area (Å²) in [6.45, 7) is 1.89. The Bertz CT molecular complexity index is 1050. The van der Waals surface area contributed by atoms with Crippen molar-refractivity contribution < 1.29 is 0 Å². The molecule has 1 aliphatic rings. The minimum absolute atomic E-state index is 0.490. The second kappa shape index (κ2) is 5.89. The van der Waals surface area contributed by atoms with Crippen LogP contribution in [-0.2, 0) is 0 Å². The number of piperidine rings is 1. The molecule has 0 unspecified atom stereocenters. The number of hydrogen-bond donors (Lipinski definition) is 0. The van der Waals surface area contributed by atoms with E-state index >= 15 is 0 Å². The number of benzene rings is 1.